The first kappa shape index (κ1) is 44.9. The molecule has 7 aromatic rings. The maximum Gasteiger partial charge on any atom is 0.519 e. The van der Waals surface area contributed by atoms with E-state index in [0.717, 1.165) is 50.6 Å². The average molecular weight is 921 g/mol. The number of rotatable bonds is 16. The molecule has 19 nitrogen and oxygen atoms in total. The summed E-state index contributed by atoms with van der Waals surface area (Å²) >= 11 is 2.92. The fourth-order valence-electron chi connectivity index (χ4n) is 6.87. The normalized spacial score (nSPS) is 17.2. The lowest BCUT2D eigenvalue weighted by Gasteiger charge is -2.20. The summed E-state index contributed by atoms with van der Waals surface area (Å²) in [5, 5.41) is 22.8. The van der Waals surface area contributed by atoms with Gasteiger partial charge in [0.1, 0.15) is 43.3 Å². The molecular weight excluding hydrogens is 873 g/mol. The van der Waals surface area contributed by atoms with Crippen molar-refractivity contribution in [3.63, 3.8) is 0 Å². The van der Waals surface area contributed by atoms with Gasteiger partial charge >= 0.3 is 11.9 Å². The zero-order chi connectivity index (χ0) is 45.6. The maximum atomic E-state index is 13.2. The number of ether oxygens (including phenoxy) is 3. The van der Waals surface area contributed by atoms with E-state index in [2.05, 4.69) is 86.8 Å². The Balaban J connectivity index is 0.000000188. The monoisotopic (exact) mass is 920 g/mol. The molecule has 0 unspecified atom stereocenters. The van der Waals surface area contributed by atoms with E-state index < -0.39 is 11.9 Å². The number of carbonyl (C=O) groups is 1. The number of aryl methyl sites for hydroxylation is 7. The van der Waals surface area contributed by atoms with Crippen LogP contribution in [-0.4, -0.2) is 69.6 Å². The van der Waals surface area contributed by atoms with E-state index >= 15 is 0 Å². The average Bonchev–Trinajstić information content (AvgIpc) is 4.10. The minimum Gasteiger partial charge on any atom is -0.477 e. The first-order valence-electron chi connectivity index (χ1n) is 21.0. The summed E-state index contributed by atoms with van der Waals surface area (Å²) in [4.78, 5) is 52.5. The van der Waals surface area contributed by atoms with Crippen LogP contribution in [0.15, 0.2) is 62.4 Å². The van der Waals surface area contributed by atoms with Crippen molar-refractivity contribution in [3.8, 4) is 11.8 Å². The van der Waals surface area contributed by atoms with Gasteiger partial charge in [-0.15, -0.1) is 20.4 Å². The van der Waals surface area contributed by atoms with Crippen molar-refractivity contribution in [1.29, 1.82) is 0 Å². The molecule has 2 fully saturated rings. The lowest BCUT2D eigenvalue weighted by atomic mass is 10.2. The third-order valence-electron chi connectivity index (χ3n) is 10.5. The Labute approximate surface area is 382 Å². The molecule has 4 atom stereocenters. The molecule has 7 heterocycles. The van der Waals surface area contributed by atoms with Crippen LogP contribution >= 0.6 is 22.7 Å². The number of hydrogen-bond donors (Lipinski definition) is 1. The highest BCUT2D eigenvalue weighted by Crippen LogP contribution is 2.47. The summed E-state index contributed by atoms with van der Waals surface area (Å²) in [5.74, 6) is 4.24. The molecule has 7 aromatic heterocycles. The van der Waals surface area contributed by atoms with Gasteiger partial charge in [0.05, 0.1) is 26.3 Å². The largest absolute Gasteiger partial charge is 0.519 e. The van der Waals surface area contributed by atoms with E-state index in [1.807, 2.05) is 46.2 Å². The standard InChI is InChI=1S/C25H26N6O6S.C19H22N6OS/c1-13-5-6-19(26-9-13)18-7-17(18)11-34-22-8-21(27-15(3)28-22)31(10-23-30-29-16(4)38-23)24(32)35-12-20-14(2)36-25(33)37-20;1-11-4-5-16(20-8-11)15-6-14(15)10-26-18-7-17(22-12(2)23-18)21-9-19-25-24-13(3)27-19/h5-6,8-9,17-18H,7,10-12H2,1-4H3;4-5,7-8,14-15H,6,9-10H2,1-3H3,(H,21,22,23)/t17-,18+;14-,15+/m11/s1. The summed E-state index contributed by atoms with van der Waals surface area (Å²) < 4.78 is 27.1. The van der Waals surface area contributed by atoms with Crippen LogP contribution in [-0.2, 0) is 24.4 Å². The summed E-state index contributed by atoms with van der Waals surface area (Å²) in [6, 6.07) is 11.8. The third-order valence-corrected chi connectivity index (χ3v) is 12.2. The van der Waals surface area contributed by atoms with Crippen LogP contribution in [0.25, 0.3) is 0 Å². The number of aromatic nitrogens is 10. The van der Waals surface area contributed by atoms with Gasteiger partial charge in [0.2, 0.25) is 11.8 Å². The Morgan fingerprint density at radius 3 is 1.86 bits per heavy atom. The van der Waals surface area contributed by atoms with E-state index in [0.29, 0.717) is 71.8 Å². The zero-order valence-corrected chi connectivity index (χ0v) is 38.6. The van der Waals surface area contributed by atoms with E-state index in [-0.39, 0.29) is 30.5 Å². The predicted octanol–water partition coefficient (Wildman–Crippen LogP) is 7.47. The van der Waals surface area contributed by atoms with E-state index in [4.69, 9.17) is 23.0 Å². The highest BCUT2D eigenvalue weighted by atomic mass is 32.1. The van der Waals surface area contributed by atoms with E-state index in [1.54, 1.807) is 31.3 Å². The Morgan fingerprint density at radius 1 is 0.738 bits per heavy atom. The van der Waals surface area contributed by atoms with Crippen LogP contribution < -0.4 is 25.5 Å². The molecule has 2 saturated carbocycles. The van der Waals surface area contributed by atoms with Gasteiger partial charge in [-0.25, -0.2) is 19.6 Å². The van der Waals surface area contributed by atoms with Gasteiger partial charge in [0, 0.05) is 59.6 Å². The van der Waals surface area contributed by atoms with Crippen molar-refractivity contribution in [3.05, 3.63) is 125 Å². The van der Waals surface area contributed by atoms with Gasteiger partial charge in [-0.05, 0) is 84.6 Å². The minimum absolute atomic E-state index is 0.0678. The highest BCUT2D eigenvalue weighted by molar-refractivity contribution is 7.11. The summed E-state index contributed by atoms with van der Waals surface area (Å²) in [5.41, 5.74) is 4.53. The molecule has 0 saturated heterocycles. The molecule has 21 heteroatoms. The lowest BCUT2D eigenvalue weighted by molar-refractivity contribution is 0.136. The molecule has 65 heavy (non-hydrogen) atoms. The molecule has 0 aliphatic heterocycles. The topological polar surface area (TPSA) is 232 Å². The molecule has 9 rings (SSSR count). The Bertz CT molecular complexity index is 2790. The van der Waals surface area contributed by atoms with Crippen LogP contribution in [0.3, 0.4) is 0 Å². The maximum absolute atomic E-state index is 13.2. The number of nitrogens with zero attached hydrogens (tertiary/aromatic N) is 11. The van der Waals surface area contributed by atoms with Crippen molar-refractivity contribution in [2.45, 2.75) is 92.8 Å². The molecule has 1 amide bonds. The SMILES string of the molecule is Cc1ccc([C@H]2C[C@@H]2COc2cc(N(Cc3nnc(C)s3)C(=O)OCc3oc(=O)oc3C)nc(C)n2)nc1.Cc1ccc([C@H]2C[C@@H]2COc2cc(NCc3nnc(C)s3)nc(C)n2)nc1. The lowest BCUT2D eigenvalue weighted by Crippen LogP contribution is -2.32. The third kappa shape index (κ3) is 12.3. The van der Waals surface area contributed by atoms with Crippen molar-refractivity contribution < 1.29 is 27.8 Å². The van der Waals surface area contributed by atoms with Gasteiger partial charge in [-0.2, -0.15) is 9.97 Å². The van der Waals surface area contributed by atoms with Gasteiger partial charge < -0.3 is 28.4 Å². The minimum atomic E-state index is -0.862. The molecule has 2 aliphatic rings. The van der Waals surface area contributed by atoms with Gasteiger partial charge in [-0.3, -0.25) is 14.9 Å². The van der Waals surface area contributed by atoms with Crippen molar-refractivity contribution in [2.75, 3.05) is 23.4 Å². The number of hydrogen-bond acceptors (Lipinski definition) is 20. The molecular formula is C44H48N12O7S2. The van der Waals surface area contributed by atoms with E-state index in [1.165, 1.54) is 21.8 Å². The molecule has 0 spiro atoms. The van der Waals surface area contributed by atoms with Gasteiger partial charge in [0.15, 0.2) is 18.1 Å². The van der Waals surface area contributed by atoms with Crippen LogP contribution in [0.1, 0.15) is 90.4 Å². The number of nitrogens with one attached hydrogen (secondary N) is 1. The first-order valence-corrected chi connectivity index (χ1v) is 22.6. The smallest absolute Gasteiger partial charge is 0.477 e. The number of carbonyl (C=O) groups excluding carboxylic acids is 1. The highest BCUT2D eigenvalue weighted by Gasteiger charge is 2.41. The summed E-state index contributed by atoms with van der Waals surface area (Å²) in [7, 11) is 0. The fraction of sp³-hybridized carbons (Fsp3) is 0.409. The number of pyridine rings is 2. The molecule has 0 bridgehead atoms. The Morgan fingerprint density at radius 2 is 1.32 bits per heavy atom. The fourth-order valence-corrected chi connectivity index (χ4v) is 8.22. The summed E-state index contributed by atoms with van der Waals surface area (Å²) in [6.07, 6.45) is 5.18. The molecule has 0 radical (unpaired) electrons. The van der Waals surface area contributed by atoms with Crippen LogP contribution in [0.5, 0.6) is 11.8 Å². The Hall–Kier alpha value is -6.74. The van der Waals surface area contributed by atoms with Gasteiger partial charge in [-0.1, -0.05) is 34.8 Å². The zero-order valence-electron chi connectivity index (χ0n) is 37.0. The van der Waals surface area contributed by atoms with Crippen molar-refractivity contribution in [1.82, 2.24) is 50.3 Å². The second-order valence-corrected chi connectivity index (χ2v) is 18.5. The van der Waals surface area contributed by atoms with E-state index in [9.17, 15) is 9.59 Å². The first-order chi connectivity index (χ1) is 31.3. The molecule has 2 aliphatic carbocycles. The van der Waals surface area contributed by atoms with Crippen molar-refractivity contribution in [2.24, 2.45) is 11.8 Å². The van der Waals surface area contributed by atoms with Crippen LogP contribution in [0.4, 0.5) is 16.4 Å². The van der Waals surface area contributed by atoms with Gasteiger partial charge in [0.25, 0.3) is 0 Å². The molecule has 1 N–H and O–H groups in total. The number of anilines is 2. The molecule has 0 aromatic carbocycles. The summed E-state index contributed by atoms with van der Waals surface area (Å²) in [6.45, 7) is 14.4. The van der Waals surface area contributed by atoms with Crippen LogP contribution in [0, 0.1) is 60.3 Å². The predicted molar refractivity (Wildman–Crippen MR) is 239 cm³/mol. The van der Waals surface area contributed by atoms with Crippen LogP contribution in [0.2, 0.25) is 0 Å². The Kier molecular flexibility index (Phi) is 13.8. The van der Waals surface area contributed by atoms with Crippen molar-refractivity contribution >= 4 is 40.4 Å². The molecule has 338 valence electrons. The second-order valence-electron chi connectivity index (χ2n) is 16.0. The second kappa shape index (κ2) is 20.0. The number of amides is 1. The quantitative estimate of drug-likeness (QED) is 0.0990.